The lowest BCUT2D eigenvalue weighted by molar-refractivity contribution is -0.130. The van der Waals surface area contributed by atoms with E-state index in [2.05, 4.69) is 6.58 Å². The number of hydrogen-bond acceptors (Lipinski definition) is 5. The van der Waals surface area contributed by atoms with Crippen LogP contribution in [0, 0.1) is 0 Å². The first-order valence-electron chi connectivity index (χ1n) is 8.66. The Labute approximate surface area is 156 Å². The van der Waals surface area contributed by atoms with Crippen molar-refractivity contribution in [3.8, 4) is 22.8 Å². The maximum absolute atomic E-state index is 12.5. The Morgan fingerprint density at radius 3 is 2.44 bits per heavy atom. The number of rotatable bonds is 6. The first-order valence-corrected chi connectivity index (χ1v) is 8.66. The zero-order valence-electron chi connectivity index (χ0n) is 15.3. The SMILES string of the molecule is C=C(C)C(=O)Oc1ccc(-c2cc(=O)c3cc(OCCC)ccc3o2)cc1. The highest BCUT2D eigenvalue weighted by Gasteiger charge is 2.10. The van der Waals surface area contributed by atoms with Crippen molar-refractivity contribution >= 4 is 16.9 Å². The molecule has 0 unspecified atom stereocenters. The average molecular weight is 364 g/mol. The molecule has 0 radical (unpaired) electrons. The fourth-order valence-corrected chi connectivity index (χ4v) is 2.47. The van der Waals surface area contributed by atoms with Crippen LogP contribution in [0.1, 0.15) is 20.3 Å². The lowest BCUT2D eigenvalue weighted by Crippen LogP contribution is -2.07. The van der Waals surface area contributed by atoms with Gasteiger partial charge in [0.15, 0.2) is 5.43 Å². The Morgan fingerprint density at radius 1 is 1.07 bits per heavy atom. The van der Waals surface area contributed by atoms with E-state index >= 15 is 0 Å². The van der Waals surface area contributed by atoms with Gasteiger partial charge in [-0.3, -0.25) is 4.79 Å². The van der Waals surface area contributed by atoms with Crippen LogP contribution >= 0.6 is 0 Å². The van der Waals surface area contributed by atoms with E-state index in [1.165, 1.54) is 6.07 Å². The Bertz CT molecular complexity index is 1040. The van der Waals surface area contributed by atoms with Crippen LogP contribution in [0.5, 0.6) is 11.5 Å². The van der Waals surface area contributed by atoms with Gasteiger partial charge in [-0.25, -0.2) is 4.79 Å². The summed E-state index contributed by atoms with van der Waals surface area (Å²) in [5.41, 5.74) is 1.36. The number of ether oxygens (including phenoxy) is 2. The van der Waals surface area contributed by atoms with E-state index in [1.807, 2.05) is 6.92 Å². The van der Waals surface area contributed by atoms with Crippen LogP contribution in [0.4, 0.5) is 0 Å². The molecule has 5 nitrogen and oxygen atoms in total. The molecule has 0 aliphatic carbocycles. The lowest BCUT2D eigenvalue weighted by atomic mass is 10.1. The van der Waals surface area contributed by atoms with Gasteiger partial charge in [0.25, 0.3) is 0 Å². The Kier molecular flexibility index (Phi) is 5.41. The van der Waals surface area contributed by atoms with Crippen molar-refractivity contribution < 1.29 is 18.7 Å². The van der Waals surface area contributed by atoms with Gasteiger partial charge in [-0.05, 0) is 55.8 Å². The van der Waals surface area contributed by atoms with Crippen LogP contribution in [0.2, 0.25) is 0 Å². The average Bonchev–Trinajstić information content (AvgIpc) is 2.67. The molecule has 3 rings (SSSR count). The highest BCUT2D eigenvalue weighted by molar-refractivity contribution is 5.88. The Morgan fingerprint density at radius 2 is 1.78 bits per heavy atom. The summed E-state index contributed by atoms with van der Waals surface area (Å²) in [5, 5.41) is 0.472. The van der Waals surface area contributed by atoms with E-state index in [-0.39, 0.29) is 5.43 Å². The minimum atomic E-state index is -0.485. The van der Waals surface area contributed by atoms with Crippen molar-refractivity contribution in [2.24, 2.45) is 0 Å². The van der Waals surface area contributed by atoms with Crippen molar-refractivity contribution in [3.05, 3.63) is 70.9 Å². The third-order valence-electron chi connectivity index (χ3n) is 3.87. The van der Waals surface area contributed by atoms with Gasteiger partial charge in [0, 0.05) is 17.2 Å². The highest BCUT2D eigenvalue weighted by Crippen LogP contribution is 2.26. The maximum atomic E-state index is 12.5. The smallest absolute Gasteiger partial charge is 0.338 e. The number of carbonyl (C=O) groups is 1. The minimum absolute atomic E-state index is 0.147. The van der Waals surface area contributed by atoms with Crippen molar-refractivity contribution in [1.82, 2.24) is 0 Å². The van der Waals surface area contributed by atoms with Crippen molar-refractivity contribution in [3.63, 3.8) is 0 Å². The summed E-state index contributed by atoms with van der Waals surface area (Å²) in [5.74, 6) is 0.995. The van der Waals surface area contributed by atoms with Crippen LogP contribution in [-0.4, -0.2) is 12.6 Å². The molecule has 2 aromatic carbocycles. The first kappa shape index (κ1) is 18.5. The van der Waals surface area contributed by atoms with E-state index in [0.29, 0.717) is 46.0 Å². The predicted molar refractivity (Wildman–Crippen MR) is 104 cm³/mol. The van der Waals surface area contributed by atoms with Gasteiger partial charge in [0.2, 0.25) is 0 Å². The van der Waals surface area contributed by atoms with Crippen molar-refractivity contribution in [2.45, 2.75) is 20.3 Å². The molecule has 0 amide bonds. The van der Waals surface area contributed by atoms with Gasteiger partial charge in [0.05, 0.1) is 12.0 Å². The highest BCUT2D eigenvalue weighted by atomic mass is 16.5. The van der Waals surface area contributed by atoms with Gasteiger partial charge in [0.1, 0.15) is 22.8 Å². The van der Waals surface area contributed by atoms with Crippen LogP contribution < -0.4 is 14.9 Å². The molecule has 1 aromatic heterocycles. The van der Waals surface area contributed by atoms with Gasteiger partial charge in [-0.1, -0.05) is 13.5 Å². The number of benzene rings is 2. The van der Waals surface area contributed by atoms with Gasteiger partial charge >= 0.3 is 5.97 Å². The summed E-state index contributed by atoms with van der Waals surface area (Å²) in [4.78, 5) is 24.1. The molecule has 0 bridgehead atoms. The molecule has 0 fully saturated rings. The molecule has 0 saturated carbocycles. The monoisotopic (exact) mass is 364 g/mol. The molecule has 5 heteroatoms. The van der Waals surface area contributed by atoms with Crippen LogP contribution in [0.3, 0.4) is 0 Å². The Balaban J connectivity index is 1.89. The van der Waals surface area contributed by atoms with Gasteiger partial charge in [-0.15, -0.1) is 0 Å². The van der Waals surface area contributed by atoms with Crippen molar-refractivity contribution in [1.29, 1.82) is 0 Å². The molecule has 138 valence electrons. The second kappa shape index (κ2) is 7.91. The van der Waals surface area contributed by atoms with Crippen LogP contribution in [-0.2, 0) is 4.79 Å². The summed E-state index contributed by atoms with van der Waals surface area (Å²) in [6.07, 6.45) is 0.892. The molecule has 0 atom stereocenters. The molecule has 1 heterocycles. The summed E-state index contributed by atoms with van der Waals surface area (Å²) < 4.78 is 16.6. The van der Waals surface area contributed by atoms with E-state index in [9.17, 15) is 9.59 Å². The molecule has 0 N–H and O–H groups in total. The van der Waals surface area contributed by atoms with E-state index in [1.54, 1.807) is 49.4 Å². The fourth-order valence-electron chi connectivity index (χ4n) is 2.47. The molecule has 0 spiro atoms. The molecule has 3 aromatic rings. The second-order valence-electron chi connectivity index (χ2n) is 6.18. The number of carbonyl (C=O) groups excluding carboxylic acids is 1. The zero-order valence-corrected chi connectivity index (χ0v) is 15.3. The van der Waals surface area contributed by atoms with E-state index in [4.69, 9.17) is 13.9 Å². The summed E-state index contributed by atoms with van der Waals surface area (Å²) in [6, 6.07) is 13.4. The predicted octanol–water partition coefficient (Wildman–Crippen LogP) is 4.73. The van der Waals surface area contributed by atoms with E-state index in [0.717, 1.165) is 6.42 Å². The number of hydrogen-bond donors (Lipinski definition) is 0. The normalized spacial score (nSPS) is 10.6. The standard InChI is InChI=1S/C22H20O5/c1-4-11-25-17-9-10-20-18(12-17)19(23)13-21(27-20)15-5-7-16(8-6-15)26-22(24)14(2)3/h5-10,12-13H,2,4,11H2,1,3H3. The molecule has 27 heavy (non-hydrogen) atoms. The van der Waals surface area contributed by atoms with E-state index < -0.39 is 5.97 Å². The topological polar surface area (TPSA) is 65.7 Å². The number of esters is 1. The lowest BCUT2D eigenvalue weighted by Gasteiger charge is -2.08. The molecular formula is C22H20O5. The van der Waals surface area contributed by atoms with Gasteiger partial charge in [-0.2, -0.15) is 0 Å². The largest absolute Gasteiger partial charge is 0.494 e. The zero-order chi connectivity index (χ0) is 19.4. The summed E-state index contributed by atoms with van der Waals surface area (Å²) in [6.45, 7) is 7.74. The van der Waals surface area contributed by atoms with Gasteiger partial charge < -0.3 is 13.9 Å². The minimum Gasteiger partial charge on any atom is -0.494 e. The molecule has 0 aliphatic heterocycles. The van der Waals surface area contributed by atoms with Crippen LogP contribution in [0.15, 0.2) is 69.9 Å². The molecular weight excluding hydrogens is 344 g/mol. The van der Waals surface area contributed by atoms with Crippen molar-refractivity contribution in [2.75, 3.05) is 6.61 Å². The number of fused-ring (bicyclic) bond motifs is 1. The first-order chi connectivity index (χ1) is 13.0. The second-order valence-corrected chi connectivity index (χ2v) is 6.18. The molecule has 0 aliphatic rings. The van der Waals surface area contributed by atoms with Crippen LogP contribution in [0.25, 0.3) is 22.3 Å². The third kappa shape index (κ3) is 4.26. The molecule has 0 saturated heterocycles. The summed E-state index contributed by atoms with van der Waals surface area (Å²) >= 11 is 0. The fraction of sp³-hybridized carbons (Fsp3) is 0.182. The Hall–Kier alpha value is -3.34. The quantitative estimate of drug-likeness (QED) is 0.359. The summed E-state index contributed by atoms with van der Waals surface area (Å²) in [7, 11) is 0. The third-order valence-corrected chi connectivity index (χ3v) is 3.87. The maximum Gasteiger partial charge on any atom is 0.338 e.